The number of carbonyl (C=O) groups excluding carboxylic acids is 1. The van der Waals surface area contributed by atoms with Crippen LogP contribution in [0.5, 0.6) is 0 Å². The van der Waals surface area contributed by atoms with Gasteiger partial charge in [-0.1, -0.05) is 19.1 Å². The van der Waals surface area contributed by atoms with Crippen molar-refractivity contribution < 1.29 is 9.18 Å². The number of rotatable bonds is 7. The molecule has 106 valence electrons. The third kappa shape index (κ3) is 4.63. The molecule has 0 saturated carbocycles. The Morgan fingerprint density at radius 3 is 2.63 bits per heavy atom. The molecule has 3 nitrogen and oxygen atoms in total. The minimum absolute atomic E-state index is 0.0310. The standard InChI is InChI=1S/C15H23FN2O/c1-3-18(14-7-5-4-6-13(14)16)15(19)9-8-12(2)10-11-17/h4-7,12H,3,8-11,17H2,1-2H3. The third-order valence-electron chi connectivity index (χ3n) is 3.27. The van der Waals surface area contributed by atoms with E-state index in [1.807, 2.05) is 6.92 Å². The summed E-state index contributed by atoms with van der Waals surface area (Å²) in [5.41, 5.74) is 5.85. The van der Waals surface area contributed by atoms with Crippen molar-refractivity contribution in [1.29, 1.82) is 0 Å². The molecule has 1 aromatic carbocycles. The van der Waals surface area contributed by atoms with Gasteiger partial charge in [0.05, 0.1) is 5.69 Å². The lowest BCUT2D eigenvalue weighted by molar-refractivity contribution is -0.118. The van der Waals surface area contributed by atoms with Gasteiger partial charge in [-0.25, -0.2) is 4.39 Å². The van der Waals surface area contributed by atoms with E-state index in [-0.39, 0.29) is 11.7 Å². The van der Waals surface area contributed by atoms with Crippen LogP contribution in [0.25, 0.3) is 0 Å². The van der Waals surface area contributed by atoms with Crippen LogP contribution < -0.4 is 10.6 Å². The van der Waals surface area contributed by atoms with Crippen molar-refractivity contribution in [3.63, 3.8) is 0 Å². The number of halogens is 1. The van der Waals surface area contributed by atoms with E-state index in [2.05, 4.69) is 6.92 Å². The molecule has 0 aliphatic carbocycles. The molecule has 19 heavy (non-hydrogen) atoms. The molecule has 0 aromatic heterocycles. The van der Waals surface area contributed by atoms with Crippen molar-refractivity contribution in [2.24, 2.45) is 11.7 Å². The van der Waals surface area contributed by atoms with Crippen LogP contribution in [0.4, 0.5) is 10.1 Å². The van der Waals surface area contributed by atoms with Crippen LogP contribution in [0.2, 0.25) is 0 Å². The van der Waals surface area contributed by atoms with Crippen LogP contribution in [-0.4, -0.2) is 19.0 Å². The highest BCUT2D eigenvalue weighted by atomic mass is 19.1. The Balaban J connectivity index is 2.65. The first kappa shape index (κ1) is 15.6. The van der Waals surface area contributed by atoms with Gasteiger partial charge in [0, 0.05) is 13.0 Å². The van der Waals surface area contributed by atoms with Gasteiger partial charge >= 0.3 is 0 Å². The van der Waals surface area contributed by atoms with E-state index in [4.69, 9.17) is 5.73 Å². The van der Waals surface area contributed by atoms with E-state index in [1.54, 1.807) is 18.2 Å². The number of nitrogens with two attached hydrogens (primary N) is 1. The summed E-state index contributed by atoms with van der Waals surface area (Å²) in [6, 6.07) is 6.38. The molecular formula is C15H23FN2O. The van der Waals surface area contributed by atoms with Gasteiger partial charge in [-0.15, -0.1) is 0 Å². The minimum atomic E-state index is -0.354. The van der Waals surface area contributed by atoms with E-state index in [1.165, 1.54) is 11.0 Å². The largest absolute Gasteiger partial charge is 0.330 e. The topological polar surface area (TPSA) is 46.3 Å². The van der Waals surface area contributed by atoms with Gasteiger partial charge in [0.25, 0.3) is 0 Å². The Labute approximate surface area is 114 Å². The number of hydrogen-bond donors (Lipinski definition) is 1. The molecule has 1 unspecified atom stereocenters. The van der Waals surface area contributed by atoms with Crippen LogP contribution in [0.15, 0.2) is 24.3 Å². The highest BCUT2D eigenvalue weighted by Gasteiger charge is 2.17. The molecule has 1 atom stereocenters. The summed E-state index contributed by atoms with van der Waals surface area (Å²) in [5, 5.41) is 0. The molecule has 1 amide bonds. The second-order valence-corrected chi connectivity index (χ2v) is 4.81. The Bertz CT molecular complexity index is 409. The van der Waals surface area contributed by atoms with Crippen LogP contribution in [0, 0.1) is 11.7 Å². The van der Waals surface area contributed by atoms with E-state index < -0.39 is 0 Å². The zero-order valence-electron chi connectivity index (χ0n) is 11.7. The van der Waals surface area contributed by atoms with Gasteiger partial charge in [0.15, 0.2) is 0 Å². The van der Waals surface area contributed by atoms with Crippen molar-refractivity contribution >= 4 is 11.6 Å². The summed E-state index contributed by atoms with van der Waals surface area (Å²) in [6.45, 7) is 5.05. The predicted molar refractivity (Wildman–Crippen MR) is 76.5 cm³/mol. The fourth-order valence-electron chi connectivity index (χ4n) is 2.09. The van der Waals surface area contributed by atoms with Crippen LogP contribution >= 0.6 is 0 Å². The first-order valence-electron chi connectivity index (χ1n) is 6.85. The first-order valence-corrected chi connectivity index (χ1v) is 6.85. The molecular weight excluding hydrogens is 243 g/mol. The quantitative estimate of drug-likeness (QED) is 0.824. The van der Waals surface area contributed by atoms with Gasteiger partial charge in [-0.2, -0.15) is 0 Å². The van der Waals surface area contributed by atoms with Gasteiger partial charge in [-0.05, 0) is 44.4 Å². The highest BCUT2D eigenvalue weighted by molar-refractivity contribution is 5.93. The Morgan fingerprint density at radius 1 is 1.37 bits per heavy atom. The van der Waals surface area contributed by atoms with E-state index >= 15 is 0 Å². The smallest absolute Gasteiger partial charge is 0.227 e. The number of amides is 1. The molecule has 0 radical (unpaired) electrons. The summed E-state index contributed by atoms with van der Waals surface area (Å²) in [4.78, 5) is 13.7. The monoisotopic (exact) mass is 266 g/mol. The third-order valence-corrected chi connectivity index (χ3v) is 3.27. The number of benzene rings is 1. The molecule has 0 aliphatic rings. The summed E-state index contributed by atoms with van der Waals surface area (Å²) in [7, 11) is 0. The van der Waals surface area contributed by atoms with Crippen molar-refractivity contribution in [2.45, 2.75) is 33.1 Å². The number of hydrogen-bond acceptors (Lipinski definition) is 2. The Kier molecular flexibility index (Phi) is 6.50. The molecule has 0 saturated heterocycles. The zero-order chi connectivity index (χ0) is 14.3. The van der Waals surface area contributed by atoms with Crippen molar-refractivity contribution in [3.8, 4) is 0 Å². The maximum atomic E-state index is 13.7. The fraction of sp³-hybridized carbons (Fsp3) is 0.533. The van der Waals surface area contributed by atoms with Gasteiger partial charge in [-0.3, -0.25) is 4.79 Å². The lowest BCUT2D eigenvalue weighted by atomic mass is 10.0. The maximum Gasteiger partial charge on any atom is 0.227 e. The Morgan fingerprint density at radius 2 is 2.05 bits per heavy atom. The summed E-state index contributed by atoms with van der Waals surface area (Å²) >= 11 is 0. The molecule has 1 aromatic rings. The number of para-hydroxylation sites is 1. The number of carbonyl (C=O) groups is 1. The van der Waals surface area contributed by atoms with Crippen LogP contribution in [-0.2, 0) is 4.79 Å². The normalized spacial score (nSPS) is 12.2. The van der Waals surface area contributed by atoms with Crippen LogP contribution in [0.3, 0.4) is 0 Å². The van der Waals surface area contributed by atoms with E-state index in [9.17, 15) is 9.18 Å². The lowest BCUT2D eigenvalue weighted by Gasteiger charge is -2.22. The zero-order valence-corrected chi connectivity index (χ0v) is 11.7. The minimum Gasteiger partial charge on any atom is -0.330 e. The summed E-state index contributed by atoms with van der Waals surface area (Å²) in [5.74, 6) is 0.0393. The second-order valence-electron chi connectivity index (χ2n) is 4.81. The molecule has 0 heterocycles. The number of anilines is 1. The molecule has 0 fully saturated rings. The number of nitrogens with zero attached hydrogens (tertiary/aromatic N) is 1. The van der Waals surface area contributed by atoms with Crippen LogP contribution in [0.1, 0.15) is 33.1 Å². The SMILES string of the molecule is CCN(C(=O)CCC(C)CCN)c1ccccc1F. The molecule has 4 heteroatoms. The first-order chi connectivity index (χ1) is 9.10. The molecule has 2 N–H and O–H groups in total. The van der Waals surface area contributed by atoms with Gasteiger partial charge < -0.3 is 10.6 Å². The van der Waals surface area contributed by atoms with Crippen molar-refractivity contribution in [2.75, 3.05) is 18.0 Å². The average molecular weight is 266 g/mol. The lowest BCUT2D eigenvalue weighted by Crippen LogP contribution is -2.31. The molecule has 0 bridgehead atoms. The van der Waals surface area contributed by atoms with E-state index in [0.29, 0.717) is 31.1 Å². The van der Waals surface area contributed by atoms with Gasteiger partial charge in [0.1, 0.15) is 5.82 Å². The van der Waals surface area contributed by atoms with Crippen molar-refractivity contribution in [1.82, 2.24) is 0 Å². The maximum absolute atomic E-state index is 13.7. The summed E-state index contributed by atoms with van der Waals surface area (Å²) < 4.78 is 13.7. The molecule has 0 spiro atoms. The summed E-state index contributed by atoms with van der Waals surface area (Å²) in [6.07, 6.45) is 2.14. The average Bonchev–Trinajstić information content (AvgIpc) is 2.40. The predicted octanol–water partition coefficient (Wildman–Crippen LogP) is 2.94. The van der Waals surface area contributed by atoms with Gasteiger partial charge in [0.2, 0.25) is 5.91 Å². The van der Waals surface area contributed by atoms with E-state index in [0.717, 1.165) is 12.8 Å². The van der Waals surface area contributed by atoms with Crippen molar-refractivity contribution in [3.05, 3.63) is 30.1 Å². The molecule has 0 aliphatic heterocycles. The second kappa shape index (κ2) is 7.89. The molecule has 1 rings (SSSR count). The Hall–Kier alpha value is -1.42. The highest BCUT2D eigenvalue weighted by Crippen LogP contribution is 2.20. The fourth-order valence-corrected chi connectivity index (χ4v) is 2.09.